The highest BCUT2D eigenvalue weighted by Gasteiger charge is 2.53. The maximum atomic E-state index is 12.7. The summed E-state index contributed by atoms with van der Waals surface area (Å²) in [6, 6.07) is -0.520. The van der Waals surface area contributed by atoms with Crippen LogP contribution in [0.2, 0.25) is 0 Å². The molecule has 2 fully saturated rings. The molecule has 2 amide bonds. The summed E-state index contributed by atoms with van der Waals surface area (Å²) in [6.07, 6.45) is 4.74. The lowest BCUT2D eigenvalue weighted by atomic mass is 9.73. The average molecular weight is 281 g/mol. The number of rotatable bonds is 4. The second-order valence-corrected chi connectivity index (χ2v) is 6.50. The Hall–Kier alpha value is -1.39. The molecule has 5 nitrogen and oxygen atoms in total. The van der Waals surface area contributed by atoms with Gasteiger partial charge in [-0.2, -0.15) is 0 Å². The van der Waals surface area contributed by atoms with E-state index in [9.17, 15) is 14.4 Å². The molecule has 0 aromatic rings. The highest BCUT2D eigenvalue weighted by Crippen LogP contribution is 2.46. The van der Waals surface area contributed by atoms with Crippen molar-refractivity contribution in [3.05, 3.63) is 0 Å². The summed E-state index contributed by atoms with van der Waals surface area (Å²) in [6.45, 7) is 3.72. The van der Waals surface area contributed by atoms with Crippen LogP contribution >= 0.6 is 0 Å². The van der Waals surface area contributed by atoms with Crippen LogP contribution in [0.1, 0.15) is 58.8 Å². The SMILES string of the molecule is CC(C)C(CC(=O)O)N1C(=O)CC2(CCCCC2)C1=O. The molecule has 0 aromatic carbocycles. The average Bonchev–Trinajstić information content (AvgIpc) is 2.59. The normalized spacial score (nSPS) is 23.6. The predicted molar refractivity (Wildman–Crippen MR) is 72.9 cm³/mol. The summed E-state index contributed by atoms with van der Waals surface area (Å²) in [4.78, 5) is 37.3. The fourth-order valence-corrected chi connectivity index (χ4v) is 3.58. The van der Waals surface area contributed by atoms with Crippen LogP contribution in [0.5, 0.6) is 0 Å². The topological polar surface area (TPSA) is 74.7 Å². The molecule has 112 valence electrons. The monoisotopic (exact) mass is 281 g/mol. The Kier molecular flexibility index (Phi) is 4.16. The Morgan fingerprint density at radius 3 is 2.35 bits per heavy atom. The van der Waals surface area contributed by atoms with Gasteiger partial charge in [0.15, 0.2) is 0 Å². The van der Waals surface area contributed by atoms with E-state index in [0.717, 1.165) is 32.1 Å². The Labute approximate surface area is 119 Å². The first-order valence-corrected chi connectivity index (χ1v) is 7.46. The third-order valence-corrected chi connectivity index (χ3v) is 4.73. The van der Waals surface area contributed by atoms with E-state index in [1.54, 1.807) is 0 Å². The molecule has 1 aliphatic heterocycles. The van der Waals surface area contributed by atoms with Crippen LogP contribution < -0.4 is 0 Å². The van der Waals surface area contributed by atoms with Gasteiger partial charge in [0.25, 0.3) is 0 Å². The smallest absolute Gasteiger partial charge is 0.305 e. The van der Waals surface area contributed by atoms with E-state index in [4.69, 9.17) is 5.11 Å². The number of hydrogen-bond acceptors (Lipinski definition) is 3. The zero-order valence-electron chi connectivity index (χ0n) is 12.2. The van der Waals surface area contributed by atoms with Gasteiger partial charge in [-0.05, 0) is 18.8 Å². The second kappa shape index (κ2) is 5.54. The van der Waals surface area contributed by atoms with Gasteiger partial charge in [-0.15, -0.1) is 0 Å². The number of carboxylic acids is 1. The number of nitrogens with zero attached hydrogens (tertiary/aromatic N) is 1. The largest absolute Gasteiger partial charge is 0.481 e. The number of carboxylic acid groups (broad SMARTS) is 1. The van der Waals surface area contributed by atoms with E-state index in [1.807, 2.05) is 13.8 Å². The Morgan fingerprint density at radius 2 is 1.85 bits per heavy atom. The van der Waals surface area contributed by atoms with Crippen LogP contribution in [0.25, 0.3) is 0 Å². The van der Waals surface area contributed by atoms with Gasteiger partial charge in [0.2, 0.25) is 11.8 Å². The van der Waals surface area contributed by atoms with Crippen LogP contribution in [0.4, 0.5) is 0 Å². The number of amides is 2. The van der Waals surface area contributed by atoms with Gasteiger partial charge in [0, 0.05) is 6.42 Å². The van der Waals surface area contributed by atoms with Gasteiger partial charge in [-0.3, -0.25) is 19.3 Å². The number of aliphatic carboxylic acids is 1. The van der Waals surface area contributed by atoms with Crippen molar-refractivity contribution in [1.82, 2.24) is 4.90 Å². The van der Waals surface area contributed by atoms with Gasteiger partial charge >= 0.3 is 5.97 Å². The van der Waals surface area contributed by atoms with Crippen LogP contribution in [-0.4, -0.2) is 33.8 Å². The quantitative estimate of drug-likeness (QED) is 0.802. The van der Waals surface area contributed by atoms with E-state index >= 15 is 0 Å². The molecule has 1 N–H and O–H groups in total. The minimum atomic E-state index is -0.964. The minimum Gasteiger partial charge on any atom is -0.481 e. The zero-order chi connectivity index (χ0) is 14.9. The third-order valence-electron chi connectivity index (χ3n) is 4.73. The van der Waals surface area contributed by atoms with Crippen LogP contribution in [0, 0.1) is 11.3 Å². The molecule has 1 unspecified atom stereocenters. The van der Waals surface area contributed by atoms with Gasteiger partial charge in [-0.1, -0.05) is 33.1 Å². The molecule has 1 saturated heterocycles. The third kappa shape index (κ3) is 2.58. The first kappa shape index (κ1) is 15.0. The van der Waals surface area contributed by atoms with Crippen molar-refractivity contribution in [3.63, 3.8) is 0 Å². The van der Waals surface area contributed by atoms with E-state index in [0.29, 0.717) is 0 Å². The Balaban J connectivity index is 2.24. The van der Waals surface area contributed by atoms with Crippen molar-refractivity contribution in [2.24, 2.45) is 11.3 Å². The predicted octanol–water partition coefficient (Wildman–Crippen LogP) is 2.20. The van der Waals surface area contributed by atoms with Crippen molar-refractivity contribution in [3.8, 4) is 0 Å². The van der Waals surface area contributed by atoms with E-state index < -0.39 is 17.4 Å². The molecule has 0 radical (unpaired) electrons. The molecule has 1 atom stereocenters. The molecule has 2 aliphatic rings. The number of carbonyl (C=O) groups excluding carboxylic acids is 2. The van der Waals surface area contributed by atoms with Crippen LogP contribution in [0.3, 0.4) is 0 Å². The number of likely N-dealkylation sites (tertiary alicyclic amines) is 1. The fourth-order valence-electron chi connectivity index (χ4n) is 3.58. The molecule has 2 rings (SSSR count). The Bertz CT molecular complexity index is 424. The minimum absolute atomic E-state index is 0.0438. The molecule has 1 heterocycles. The number of carbonyl (C=O) groups is 3. The van der Waals surface area contributed by atoms with Crippen molar-refractivity contribution in [1.29, 1.82) is 0 Å². The van der Waals surface area contributed by atoms with Crippen molar-refractivity contribution >= 4 is 17.8 Å². The standard InChI is InChI=1S/C15H23NO4/c1-10(2)11(8-13(18)19)16-12(17)9-15(14(16)20)6-4-3-5-7-15/h10-11H,3-9H2,1-2H3,(H,18,19). The lowest BCUT2D eigenvalue weighted by Crippen LogP contribution is -2.46. The molecule has 20 heavy (non-hydrogen) atoms. The summed E-state index contributed by atoms with van der Waals surface area (Å²) in [5.41, 5.74) is -0.527. The van der Waals surface area contributed by atoms with Crippen molar-refractivity contribution in [2.45, 2.75) is 64.8 Å². The number of imide groups is 1. The lowest BCUT2D eigenvalue weighted by molar-refractivity contribution is -0.148. The van der Waals surface area contributed by atoms with E-state index in [-0.39, 0.29) is 30.6 Å². The highest BCUT2D eigenvalue weighted by molar-refractivity contribution is 6.06. The summed E-state index contributed by atoms with van der Waals surface area (Å²) in [7, 11) is 0. The zero-order valence-corrected chi connectivity index (χ0v) is 12.2. The first-order valence-electron chi connectivity index (χ1n) is 7.46. The Morgan fingerprint density at radius 1 is 1.25 bits per heavy atom. The molecule has 0 bridgehead atoms. The van der Waals surface area contributed by atoms with Gasteiger partial charge < -0.3 is 5.11 Å². The number of hydrogen-bond donors (Lipinski definition) is 1. The van der Waals surface area contributed by atoms with E-state index in [1.165, 1.54) is 4.90 Å². The van der Waals surface area contributed by atoms with Crippen molar-refractivity contribution in [2.75, 3.05) is 0 Å². The van der Waals surface area contributed by atoms with Gasteiger partial charge in [-0.25, -0.2) is 0 Å². The summed E-state index contributed by atoms with van der Waals surface area (Å²) in [5, 5.41) is 9.02. The summed E-state index contributed by atoms with van der Waals surface area (Å²) >= 11 is 0. The van der Waals surface area contributed by atoms with Crippen LogP contribution in [-0.2, 0) is 14.4 Å². The first-order chi connectivity index (χ1) is 9.37. The molecule has 1 spiro atoms. The molecular weight excluding hydrogens is 258 g/mol. The molecular formula is C15H23NO4. The fraction of sp³-hybridized carbons (Fsp3) is 0.800. The molecule has 0 aromatic heterocycles. The molecule has 1 saturated carbocycles. The molecule has 5 heteroatoms. The second-order valence-electron chi connectivity index (χ2n) is 6.50. The maximum Gasteiger partial charge on any atom is 0.305 e. The lowest BCUT2D eigenvalue weighted by Gasteiger charge is -2.33. The maximum absolute atomic E-state index is 12.7. The summed E-state index contributed by atoms with van der Waals surface area (Å²) in [5.74, 6) is -1.31. The van der Waals surface area contributed by atoms with Gasteiger partial charge in [0.05, 0.1) is 17.9 Å². The van der Waals surface area contributed by atoms with Gasteiger partial charge in [0.1, 0.15) is 0 Å². The summed E-state index contributed by atoms with van der Waals surface area (Å²) < 4.78 is 0. The van der Waals surface area contributed by atoms with Crippen molar-refractivity contribution < 1.29 is 19.5 Å². The van der Waals surface area contributed by atoms with E-state index in [2.05, 4.69) is 0 Å². The molecule has 1 aliphatic carbocycles. The highest BCUT2D eigenvalue weighted by atomic mass is 16.4. The van der Waals surface area contributed by atoms with Crippen LogP contribution in [0.15, 0.2) is 0 Å².